The molecule has 3 N–H and O–H groups in total. The van der Waals surface area contributed by atoms with Crippen molar-refractivity contribution >= 4 is 33.3 Å². The topological polar surface area (TPSA) is 41.8 Å². The standard InChI is InChI=1S/C23H23ClN2/c1-15-13-17(24)14-21-20(10-4-5-12-25)23(26-22(15)21)19-11-6-8-16-7-2-3-9-18(16)19/h2-3,6-9,11,13-14,26H,4-5,10,12,25H2,1H3. The minimum absolute atomic E-state index is 0.728. The summed E-state index contributed by atoms with van der Waals surface area (Å²) >= 11 is 6.37. The van der Waals surface area contributed by atoms with Crippen molar-refractivity contribution in [2.45, 2.75) is 26.2 Å². The molecule has 0 saturated carbocycles. The number of nitrogens with one attached hydrogen (secondary N) is 1. The summed E-state index contributed by atoms with van der Waals surface area (Å²) in [4.78, 5) is 3.71. The molecule has 26 heavy (non-hydrogen) atoms. The lowest BCUT2D eigenvalue weighted by Gasteiger charge is -2.09. The maximum absolute atomic E-state index is 6.37. The van der Waals surface area contributed by atoms with Crippen LogP contribution >= 0.6 is 11.6 Å². The molecule has 2 nitrogen and oxygen atoms in total. The molecular formula is C23H23ClN2. The number of rotatable bonds is 5. The molecule has 4 rings (SSSR count). The number of hydrogen-bond donors (Lipinski definition) is 2. The van der Waals surface area contributed by atoms with Gasteiger partial charge in [-0.05, 0) is 66.8 Å². The first-order valence-corrected chi connectivity index (χ1v) is 9.55. The van der Waals surface area contributed by atoms with E-state index in [9.17, 15) is 0 Å². The van der Waals surface area contributed by atoms with Crippen LogP contribution in [-0.2, 0) is 6.42 Å². The van der Waals surface area contributed by atoms with Crippen LogP contribution in [0.3, 0.4) is 0 Å². The van der Waals surface area contributed by atoms with Crippen molar-refractivity contribution in [2.24, 2.45) is 5.73 Å². The van der Waals surface area contributed by atoms with Crippen LogP contribution in [0.4, 0.5) is 0 Å². The van der Waals surface area contributed by atoms with Crippen LogP contribution in [0.1, 0.15) is 24.0 Å². The zero-order valence-corrected chi connectivity index (χ0v) is 15.7. The van der Waals surface area contributed by atoms with Crippen molar-refractivity contribution in [3.8, 4) is 11.3 Å². The molecule has 4 aromatic rings. The van der Waals surface area contributed by atoms with Crippen LogP contribution in [0.25, 0.3) is 32.9 Å². The molecule has 3 heteroatoms. The lowest BCUT2D eigenvalue weighted by Crippen LogP contribution is -1.99. The van der Waals surface area contributed by atoms with Gasteiger partial charge < -0.3 is 10.7 Å². The lowest BCUT2D eigenvalue weighted by atomic mass is 9.96. The largest absolute Gasteiger partial charge is 0.354 e. The molecule has 0 atom stereocenters. The Labute approximate surface area is 159 Å². The molecule has 0 radical (unpaired) electrons. The quantitative estimate of drug-likeness (QED) is 0.406. The van der Waals surface area contributed by atoms with Crippen LogP contribution < -0.4 is 5.73 Å². The Morgan fingerprint density at radius 3 is 2.62 bits per heavy atom. The third-order valence-electron chi connectivity index (χ3n) is 5.12. The SMILES string of the molecule is Cc1cc(Cl)cc2c(CCCCN)c(-c3cccc4ccccc34)[nH]c12. The minimum Gasteiger partial charge on any atom is -0.354 e. The van der Waals surface area contributed by atoms with E-state index in [-0.39, 0.29) is 0 Å². The number of aromatic amines is 1. The minimum atomic E-state index is 0.728. The van der Waals surface area contributed by atoms with Gasteiger partial charge >= 0.3 is 0 Å². The van der Waals surface area contributed by atoms with E-state index in [0.29, 0.717) is 0 Å². The average molecular weight is 363 g/mol. The van der Waals surface area contributed by atoms with Gasteiger partial charge in [-0.25, -0.2) is 0 Å². The molecule has 0 fully saturated rings. The molecular weight excluding hydrogens is 340 g/mol. The van der Waals surface area contributed by atoms with Gasteiger partial charge in [-0.1, -0.05) is 54.1 Å². The predicted octanol–water partition coefficient (Wildman–Crippen LogP) is 6.23. The fourth-order valence-corrected chi connectivity index (χ4v) is 4.13. The number of unbranched alkanes of at least 4 members (excludes halogenated alkanes) is 1. The molecule has 132 valence electrons. The van der Waals surface area contributed by atoms with E-state index >= 15 is 0 Å². The summed E-state index contributed by atoms with van der Waals surface area (Å²) in [6.07, 6.45) is 3.10. The molecule has 0 saturated heterocycles. The van der Waals surface area contributed by atoms with Gasteiger partial charge in [0.2, 0.25) is 0 Å². The van der Waals surface area contributed by atoms with Gasteiger partial charge in [0, 0.05) is 21.5 Å². The predicted molar refractivity (Wildman–Crippen MR) is 113 cm³/mol. The highest BCUT2D eigenvalue weighted by molar-refractivity contribution is 6.31. The summed E-state index contributed by atoms with van der Waals surface area (Å²) in [6, 6.07) is 19.2. The van der Waals surface area contributed by atoms with Gasteiger partial charge in [0.25, 0.3) is 0 Å². The highest BCUT2D eigenvalue weighted by Crippen LogP contribution is 2.37. The van der Waals surface area contributed by atoms with E-state index in [1.807, 2.05) is 6.07 Å². The second-order valence-corrected chi connectivity index (χ2v) is 7.33. The molecule has 0 aliphatic rings. The third-order valence-corrected chi connectivity index (χ3v) is 5.34. The number of aryl methyl sites for hydroxylation is 2. The van der Waals surface area contributed by atoms with Crippen molar-refractivity contribution in [1.29, 1.82) is 0 Å². The summed E-state index contributed by atoms with van der Waals surface area (Å²) < 4.78 is 0. The number of benzene rings is 3. The fraction of sp³-hybridized carbons (Fsp3) is 0.217. The molecule has 0 unspecified atom stereocenters. The monoisotopic (exact) mass is 362 g/mol. The average Bonchev–Trinajstić information content (AvgIpc) is 3.00. The van der Waals surface area contributed by atoms with Crippen molar-refractivity contribution in [3.63, 3.8) is 0 Å². The summed E-state index contributed by atoms with van der Waals surface area (Å²) in [5.41, 5.74) is 11.9. The van der Waals surface area contributed by atoms with Crippen molar-refractivity contribution in [2.75, 3.05) is 6.54 Å². The van der Waals surface area contributed by atoms with Crippen molar-refractivity contribution in [3.05, 3.63) is 70.7 Å². The van der Waals surface area contributed by atoms with E-state index in [1.165, 1.54) is 44.1 Å². The smallest absolute Gasteiger partial charge is 0.0503 e. The Hall–Kier alpha value is -2.29. The highest BCUT2D eigenvalue weighted by Gasteiger charge is 2.16. The van der Waals surface area contributed by atoms with E-state index in [2.05, 4.69) is 60.4 Å². The Morgan fingerprint density at radius 1 is 0.962 bits per heavy atom. The van der Waals surface area contributed by atoms with Crippen LogP contribution in [0.15, 0.2) is 54.6 Å². The molecule has 0 spiro atoms. The molecule has 0 aliphatic heterocycles. The van der Waals surface area contributed by atoms with Crippen LogP contribution in [0.2, 0.25) is 5.02 Å². The molecule has 1 heterocycles. The Bertz CT molecular complexity index is 1070. The first kappa shape index (κ1) is 17.1. The number of nitrogens with two attached hydrogens (primary N) is 1. The zero-order chi connectivity index (χ0) is 18.1. The first-order chi connectivity index (χ1) is 12.7. The fourth-order valence-electron chi connectivity index (χ4n) is 3.86. The molecule has 3 aromatic carbocycles. The van der Waals surface area contributed by atoms with Crippen LogP contribution in [0, 0.1) is 6.92 Å². The Kier molecular flexibility index (Phi) is 4.71. The number of fused-ring (bicyclic) bond motifs is 2. The van der Waals surface area contributed by atoms with Gasteiger partial charge in [0.1, 0.15) is 0 Å². The second-order valence-electron chi connectivity index (χ2n) is 6.90. The summed E-state index contributed by atoms with van der Waals surface area (Å²) in [6.45, 7) is 2.84. The van der Waals surface area contributed by atoms with Crippen molar-refractivity contribution in [1.82, 2.24) is 4.98 Å². The molecule has 0 amide bonds. The maximum atomic E-state index is 6.37. The number of aromatic nitrogens is 1. The highest BCUT2D eigenvalue weighted by atomic mass is 35.5. The molecule has 0 aliphatic carbocycles. The van der Waals surface area contributed by atoms with Crippen LogP contribution in [-0.4, -0.2) is 11.5 Å². The van der Waals surface area contributed by atoms with Crippen LogP contribution in [0.5, 0.6) is 0 Å². The van der Waals surface area contributed by atoms with Gasteiger partial charge in [-0.15, -0.1) is 0 Å². The van der Waals surface area contributed by atoms with Crippen molar-refractivity contribution < 1.29 is 0 Å². The molecule has 1 aromatic heterocycles. The van der Waals surface area contributed by atoms with Gasteiger partial charge in [-0.2, -0.15) is 0 Å². The maximum Gasteiger partial charge on any atom is 0.0503 e. The van der Waals surface area contributed by atoms with Gasteiger partial charge in [-0.3, -0.25) is 0 Å². The first-order valence-electron chi connectivity index (χ1n) is 9.18. The van der Waals surface area contributed by atoms with E-state index < -0.39 is 0 Å². The summed E-state index contributed by atoms with van der Waals surface area (Å²) in [7, 11) is 0. The van der Waals surface area contributed by atoms with E-state index in [0.717, 1.165) is 30.8 Å². The van der Waals surface area contributed by atoms with E-state index in [1.54, 1.807) is 0 Å². The number of halogens is 1. The Balaban J connectivity index is 1.98. The normalized spacial score (nSPS) is 11.5. The summed E-state index contributed by atoms with van der Waals surface area (Å²) in [5, 5.41) is 4.55. The third kappa shape index (κ3) is 3.00. The lowest BCUT2D eigenvalue weighted by molar-refractivity contribution is 0.748. The number of H-pyrrole nitrogens is 1. The molecule has 0 bridgehead atoms. The van der Waals surface area contributed by atoms with E-state index in [4.69, 9.17) is 17.3 Å². The second kappa shape index (κ2) is 7.14. The number of hydrogen-bond acceptors (Lipinski definition) is 1. The van der Waals surface area contributed by atoms with Gasteiger partial charge in [0.15, 0.2) is 0 Å². The summed E-state index contributed by atoms with van der Waals surface area (Å²) in [5.74, 6) is 0. The van der Waals surface area contributed by atoms with Gasteiger partial charge in [0.05, 0.1) is 5.69 Å². The Morgan fingerprint density at radius 2 is 1.77 bits per heavy atom. The zero-order valence-electron chi connectivity index (χ0n) is 15.0.